The number of aromatic nitrogens is 2. The number of rotatable bonds is 3. The summed E-state index contributed by atoms with van der Waals surface area (Å²) < 4.78 is 2.80. The molecule has 1 aromatic heterocycles. The summed E-state index contributed by atoms with van der Waals surface area (Å²) in [7, 11) is 1.89. The van der Waals surface area contributed by atoms with Crippen molar-refractivity contribution in [1.82, 2.24) is 9.78 Å². The van der Waals surface area contributed by atoms with E-state index in [1.165, 1.54) is 0 Å². The number of amides is 1. The number of carbonyl (C=O) groups is 1. The van der Waals surface area contributed by atoms with Crippen LogP contribution in [0.3, 0.4) is 0 Å². The molecule has 0 bridgehead atoms. The molecule has 0 aliphatic heterocycles. The lowest BCUT2D eigenvalue weighted by molar-refractivity contribution is -0.115. The van der Waals surface area contributed by atoms with Gasteiger partial charge in [-0.3, -0.25) is 9.48 Å². The smallest absolute Gasteiger partial charge is 0.228 e. The lowest BCUT2D eigenvalue weighted by atomic mass is 10.1. The van der Waals surface area contributed by atoms with Crippen molar-refractivity contribution in [1.29, 1.82) is 0 Å². The van der Waals surface area contributed by atoms with Gasteiger partial charge in [0.2, 0.25) is 5.91 Å². The fraction of sp³-hybridized carbons (Fsp3) is 0.333. The van der Waals surface area contributed by atoms with Crippen molar-refractivity contribution < 1.29 is 4.79 Å². The quantitative estimate of drug-likeness (QED) is 0.935. The van der Waals surface area contributed by atoms with E-state index in [0.717, 1.165) is 32.7 Å². The third-order valence-corrected chi connectivity index (χ3v) is 4.31. The largest absolute Gasteiger partial charge is 0.326 e. The Hall–Kier alpha value is -1.62. The van der Waals surface area contributed by atoms with Gasteiger partial charge >= 0.3 is 0 Å². The zero-order chi connectivity index (χ0) is 14.9. The van der Waals surface area contributed by atoms with Crippen LogP contribution >= 0.6 is 15.9 Å². The van der Waals surface area contributed by atoms with Crippen LogP contribution in [0, 0.1) is 20.8 Å². The highest BCUT2D eigenvalue weighted by Crippen LogP contribution is 2.21. The topological polar surface area (TPSA) is 46.9 Å². The Bertz CT molecular complexity index is 661. The molecule has 106 valence electrons. The Kier molecular flexibility index (Phi) is 4.28. The van der Waals surface area contributed by atoms with E-state index in [-0.39, 0.29) is 5.91 Å². The molecule has 2 aromatic rings. The van der Waals surface area contributed by atoms with Gasteiger partial charge in [0.25, 0.3) is 0 Å². The minimum Gasteiger partial charge on any atom is -0.326 e. The van der Waals surface area contributed by atoms with E-state index in [0.29, 0.717) is 6.42 Å². The number of hydrogen-bond donors (Lipinski definition) is 1. The Balaban J connectivity index is 2.11. The highest BCUT2D eigenvalue weighted by atomic mass is 79.9. The molecule has 0 aliphatic rings. The zero-order valence-corrected chi connectivity index (χ0v) is 13.7. The Morgan fingerprint density at radius 3 is 2.60 bits per heavy atom. The third kappa shape index (κ3) is 3.10. The minimum atomic E-state index is -0.0278. The maximum absolute atomic E-state index is 12.1. The molecular formula is C15H18BrN3O. The number of halogens is 1. The monoisotopic (exact) mass is 335 g/mol. The number of anilines is 1. The molecule has 2 rings (SSSR count). The molecule has 1 amide bonds. The first kappa shape index (κ1) is 14.8. The van der Waals surface area contributed by atoms with E-state index in [9.17, 15) is 4.79 Å². The second-order valence-corrected chi connectivity index (χ2v) is 5.82. The van der Waals surface area contributed by atoms with Gasteiger partial charge in [0, 0.05) is 28.5 Å². The van der Waals surface area contributed by atoms with Crippen LogP contribution in [0.25, 0.3) is 0 Å². The fourth-order valence-electron chi connectivity index (χ4n) is 2.11. The average molecular weight is 336 g/mol. The Labute approximate surface area is 127 Å². The first-order chi connectivity index (χ1) is 9.38. The van der Waals surface area contributed by atoms with Crippen LogP contribution in [0.4, 0.5) is 5.69 Å². The molecule has 0 spiro atoms. The minimum absolute atomic E-state index is 0.0278. The molecule has 1 aromatic carbocycles. The highest BCUT2D eigenvalue weighted by molar-refractivity contribution is 9.10. The number of benzene rings is 1. The summed E-state index contributed by atoms with van der Waals surface area (Å²) in [6.07, 6.45) is 0.344. The first-order valence-electron chi connectivity index (χ1n) is 6.43. The molecule has 0 saturated carbocycles. The van der Waals surface area contributed by atoms with Gasteiger partial charge in [0.15, 0.2) is 0 Å². The summed E-state index contributed by atoms with van der Waals surface area (Å²) in [4.78, 5) is 12.1. The second-order valence-electron chi connectivity index (χ2n) is 4.96. The zero-order valence-electron chi connectivity index (χ0n) is 12.1. The van der Waals surface area contributed by atoms with Gasteiger partial charge < -0.3 is 5.32 Å². The Morgan fingerprint density at radius 2 is 2.05 bits per heavy atom. The Morgan fingerprint density at radius 1 is 1.35 bits per heavy atom. The molecular weight excluding hydrogens is 318 g/mol. The maximum atomic E-state index is 12.1. The van der Waals surface area contributed by atoms with E-state index in [1.807, 2.05) is 46.0 Å². The lowest BCUT2D eigenvalue weighted by Crippen LogP contribution is -2.15. The molecule has 0 saturated heterocycles. The summed E-state index contributed by atoms with van der Waals surface area (Å²) in [6, 6.07) is 5.79. The number of carbonyl (C=O) groups excluding carboxylic acids is 1. The van der Waals surface area contributed by atoms with Gasteiger partial charge in [0.1, 0.15) is 0 Å². The average Bonchev–Trinajstić information content (AvgIpc) is 2.61. The third-order valence-electron chi connectivity index (χ3n) is 3.45. The molecule has 0 atom stereocenters. The number of nitrogens with one attached hydrogen (secondary N) is 1. The molecule has 5 heteroatoms. The van der Waals surface area contributed by atoms with E-state index in [1.54, 1.807) is 4.68 Å². The molecule has 0 radical (unpaired) electrons. The second kappa shape index (κ2) is 5.79. The summed E-state index contributed by atoms with van der Waals surface area (Å²) in [5, 5.41) is 7.24. The predicted molar refractivity (Wildman–Crippen MR) is 83.9 cm³/mol. The molecule has 0 fully saturated rings. The molecule has 4 nitrogen and oxygen atoms in total. The van der Waals surface area contributed by atoms with Crippen molar-refractivity contribution in [2.24, 2.45) is 7.05 Å². The van der Waals surface area contributed by atoms with Crippen molar-refractivity contribution in [2.45, 2.75) is 27.2 Å². The van der Waals surface area contributed by atoms with E-state index in [2.05, 4.69) is 26.3 Å². The van der Waals surface area contributed by atoms with Crippen molar-refractivity contribution in [3.63, 3.8) is 0 Å². The summed E-state index contributed by atoms with van der Waals surface area (Å²) in [5.41, 5.74) is 4.87. The summed E-state index contributed by atoms with van der Waals surface area (Å²) in [5.74, 6) is -0.0278. The van der Waals surface area contributed by atoms with Gasteiger partial charge in [-0.25, -0.2) is 0 Å². The van der Waals surface area contributed by atoms with Crippen LogP contribution in [0.1, 0.15) is 22.5 Å². The van der Waals surface area contributed by atoms with Crippen molar-refractivity contribution in [2.75, 3.05) is 5.32 Å². The normalized spacial score (nSPS) is 10.7. The van der Waals surface area contributed by atoms with Crippen LogP contribution < -0.4 is 5.32 Å². The molecule has 0 aliphatic carbocycles. The van der Waals surface area contributed by atoms with Gasteiger partial charge in [-0.05, 0) is 38.5 Å². The SMILES string of the molecule is Cc1ccc(NC(=O)Cc2c(C)nn(C)c2C)cc1Br. The van der Waals surface area contributed by atoms with Crippen LogP contribution in [0.5, 0.6) is 0 Å². The van der Waals surface area contributed by atoms with E-state index >= 15 is 0 Å². The predicted octanol–water partition coefficient (Wildman–Crippen LogP) is 3.29. The van der Waals surface area contributed by atoms with Gasteiger partial charge in [-0.1, -0.05) is 22.0 Å². The number of nitrogens with zero attached hydrogens (tertiary/aromatic N) is 2. The van der Waals surface area contributed by atoms with Crippen LogP contribution in [0.15, 0.2) is 22.7 Å². The van der Waals surface area contributed by atoms with Crippen LogP contribution in [-0.2, 0) is 18.3 Å². The summed E-state index contributed by atoms with van der Waals surface area (Å²) >= 11 is 3.46. The molecule has 1 N–H and O–H groups in total. The van der Waals surface area contributed by atoms with Gasteiger partial charge in [-0.15, -0.1) is 0 Å². The van der Waals surface area contributed by atoms with Crippen molar-refractivity contribution in [3.05, 3.63) is 45.2 Å². The highest BCUT2D eigenvalue weighted by Gasteiger charge is 2.13. The van der Waals surface area contributed by atoms with Crippen molar-refractivity contribution in [3.8, 4) is 0 Å². The van der Waals surface area contributed by atoms with Gasteiger partial charge in [-0.2, -0.15) is 5.10 Å². The van der Waals surface area contributed by atoms with Gasteiger partial charge in [0.05, 0.1) is 12.1 Å². The van der Waals surface area contributed by atoms with Crippen LogP contribution in [-0.4, -0.2) is 15.7 Å². The first-order valence-corrected chi connectivity index (χ1v) is 7.23. The fourth-order valence-corrected chi connectivity index (χ4v) is 2.49. The molecule has 0 unspecified atom stereocenters. The standard InChI is InChI=1S/C15H18BrN3O/c1-9-5-6-12(7-14(9)16)17-15(20)8-13-10(2)18-19(4)11(13)3/h5-7H,8H2,1-4H3,(H,17,20). The van der Waals surface area contributed by atoms with Crippen LogP contribution in [0.2, 0.25) is 0 Å². The molecule has 20 heavy (non-hydrogen) atoms. The summed E-state index contributed by atoms with van der Waals surface area (Å²) in [6.45, 7) is 5.92. The number of aryl methyl sites for hydroxylation is 3. The maximum Gasteiger partial charge on any atom is 0.228 e. The van der Waals surface area contributed by atoms with E-state index in [4.69, 9.17) is 0 Å². The van der Waals surface area contributed by atoms with E-state index < -0.39 is 0 Å². The lowest BCUT2D eigenvalue weighted by Gasteiger charge is -2.07. The molecule has 1 heterocycles. The number of hydrogen-bond acceptors (Lipinski definition) is 2. The van der Waals surface area contributed by atoms with Crippen molar-refractivity contribution >= 4 is 27.5 Å².